The van der Waals surface area contributed by atoms with Gasteiger partial charge in [-0.2, -0.15) is 0 Å². The molecule has 0 fully saturated rings. The predicted octanol–water partition coefficient (Wildman–Crippen LogP) is 3.54. The topological polar surface area (TPSA) is 37.3 Å². The number of hydrogen-bond donors (Lipinski definition) is 1. The molecule has 0 saturated heterocycles. The summed E-state index contributed by atoms with van der Waals surface area (Å²) < 4.78 is 0. The van der Waals surface area contributed by atoms with Gasteiger partial charge in [-0.15, -0.1) is 6.58 Å². The van der Waals surface area contributed by atoms with Crippen LogP contribution in [-0.4, -0.2) is 11.1 Å². The summed E-state index contributed by atoms with van der Waals surface area (Å²) in [6, 6.07) is 0. The Morgan fingerprint density at radius 2 is 1.71 bits per heavy atom. The Kier molecular flexibility index (Phi) is 9.28. The zero-order chi connectivity index (χ0) is 10.6. The number of hydrogen-bond acceptors (Lipinski definition) is 1. The van der Waals surface area contributed by atoms with Crippen LogP contribution in [-0.2, 0) is 4.79 Å². The minimum Gasteiger partial charge on any atom is -0.481 e. The number of carbonyl (C=O) groups is 1. The summed E-state index contributed by atoms with van der Waals surface area (Å²) in [5, 5.41) is 8.39. The van der Waals surface area contributed by atoms with Crippen LogP contribution in [0.5, 0.6) is 0 Å². The van der Waals surface area contributed by atoms with Crippen LogP contribution >= 0.6 is 0 Å². The van der Waals surface area contributed by atoms with Gasteiger partial charge in [-0.05, 0) is 38.5 Å². The summed E-state index contributed by atoms with van der Waals surface area (Å²) in [4.78, 5) is 10.2. The van der Waals surface area contributed by atoms with Crippen molar-refractivity contribution >= 4 is 5.97 Å². The number of carboxylic acid groups (broad SMARTS) is 1. The number of carboxylic acids is 1. The molecule has 14 heavy (non-hydrogen) atoms. The Bertz CT molecular complexity index is 183. The van der Waals surface area contributed by atoms with Crippen molar-refractivity contribution in [2.75, 3.05) is 0 Å². The van der Waals surface area contributed by atoms with Gasteiger partial charge in [0.25, 0.3) is 0 Å². The van der Waals surface area contributed by atoms with Crippen LogP contribution in [0, 0.1) is 0 Å². The van der Waals surface area contributed by atoms with Crippen molar-refractivity contribution in [3.63, 3.8) is 0 Å². The van der Waals surface area contributed by atoms with Crippen LogP contribution in [0.15, 0.2) is 24.8 Å². The van der Waals surface area contributed by atoms with Crippen LogP contribution in [0.3, 0.4) is 0 Å². The number of allylic oxidation sites excluding steroid dienone is 3. The fourth-order valence-corrected chi connectivity index (χ4v) is 1.15. The van der Waals surface area contributed by atoms with Gasteiger partial charge in [0.05, 0.1) is 0 Å². The fourth-order valence-electron chi connectivity index (χ4n) is 1.15. The third kappa shape index (κ3) is 11.0. The fraction of sp³-hybridized carbons (Fsp3) is 0.583. The lowest BCUT2D eigenvalue weighted by atomic mass is 10.1. The average molecular weight is 196 g/mol. The highest BCUT2D eigenvalue weighted by Gasteiger charge is 1.93. The molecule has 0 rings (SSSR count). The lowest BCUT2D eigenvalue weighted by Gasteiger charge is -1.93. The highest BCUT2D eigenvalue weighted by molar-refractivity contribution is 5.66. The Labute approximate surface area is 86.3 Å². The van der Waals surface area contributed by atoms with Crippen LogP contribution in [0.1, 0.15) is 44.9 Å². The minimum atomic E-state index is -0.694. The standard InChI is InChI=1S/C12H20O2/c1-2-3-4-5-6-7-8-9-10-11-12(13)14/h2,6-7H,1,3-5,8-11H2,(H,13,14). The molecule has 1 N–H and O–H groups in total. The lowest BCUT2D eigenvalue weighted by molar-refractivity contribution is -0.137. The maximum Gasteiger partial charge on any atom is 0.303 e. The van der Waals surface area contributed by atoms with Gasteiger partial charge in [0, 0.05) is 6.42 Å². The quantitative estimate of drug-likeness (QED) is 0.452. The maximum atomic E-state index is 10.2. The molecular formula is C12H20O2. The van der Waals surface area contributed by atoms with E-state index in [0.717, 1.165) is 38.5 Å². The highest BCUT2D eigenvalue weighted by Crippen LogP contribution is 2.02. The van der Waals surface area contributed by atoms with E-state index in [1.165, 1.54) is 0 Å². The minimum absolute atomic E-state index is 0.296. The molecular weight excluding hydrogens is 176 g/mol. The summed E-state index contributed by atoms with van der Waals surface area (Å²) in [7, 11) is 0. The van der Waals surface area contributed by atoms with Crippen molar-refractivity contribution in [1.29, 1.82) is 0 Å². The van der Waals surface area contributed by atoms with Gasteiger partial charge in [0.2, 0.25) is 0 Å². The van der Waals surface area contributed by atoms with Crippen molar-refractivity contribution in [2.24, 2.45) is 0 Å². The number of unbranched alkanes of at least 4 members (excludes halogenated alkanes) is 4. The van der Waals surface area contributed by atoms with E-state index in [-0.39, 0.29) is 0 Å². The van der Waals surface area contributed by atoms with E-state index < -0.39 is 5.97 Å². The van der Waals surface area contributed by atoms with Crippen LogP contribution in [0.25, 0.3) is 0 Å². The SMILES string of the molecule is C=CCCCC=CCCCCC(=O)O. The first-order valence-corrected chi connectivity index (χ1v) is 5.25. The van der Waals surface area contributed by atoms with Gasteiger partial charge in [0.1, 0.15) is 0 Å². The summed E-state index contributed by atoms with van der Waals surface area (Å²) in [5.41, 5.74) is 0. The Morgan fingerprint density at radius 1 is 1.07 bits per heavy atom. The first kappa shape index (κ1) is 12.9. The van der Waals surface area contributed by atoms with Crippen molar-refractivity contribution in [3.8, 4) is 0 Å². The van der Waals surface area contributed by atoms with E-state index in [9.17, 15) is 4.79 Å². The molecule has 0 aliphatic rings. The third-order valence-corrected chi connectivity index (χ3v) is 1.96. The third-order valence-electron chi connectivity index (χ3n) is 1.96. The highest BCUT2D eigenvalue weighted by atomic mass is 16.4. The normalized spacial score (nSPS) is 10.6. The molecule has 0 aromatic carbocycles. The van der Waals surface area contributed by atoms with Crippen molar-refractivity contribution in [3.05, 3.63) is 24.8 Å². The summed E-state index contributed by atoms with van der Waals surface area (Å²) in [6.45, 7) is 3.66. The predicted molar refractivity (Wildman–Crippen MR) is 59.3 cm³/mol. The van der Waals surface area contributed by atoms with Crippen LogP contribution in [0.4, 0.5) is 0 Å². The Morgan fingerprint density at radius 3 is 2.29 bits per heavy atom. The molecule has 2 heteroatoms. The van der Waals surface area contributed by atoms with Gasteiger partial charge in [-0.25, -0.2) is 0 Å². The van der Waals surface area contributed by atoms with Crippen LogP contribution < -0.4 is 0 Å². The number of aliphatic carboxylic acids is 1. The second kappa shape index (κ2) is 10.0. The molecule has 0 spiro atoms. The molecule has 0 radical (unpaired) electrons. The molecule has 0 aliphatic carbocycles. The largest absolute Gasteiger partial charge is 0.481 e. The van der Waals surface area contributed by atoms with E-state index in [1.807, 2.05) is 6.08 Å². The molecule has 0 amide bonds. The molecule has 0 atom stereocenters. The van der Waals surface area contributed by atoms with Gasteiger partial charge >= 0.3 is 5.97 Å². The lowest BCUT2D eigenvalue weighted by Crippen LogP contribution is -1.92. The molecule has 0 aromatic heterocycles. The van der Waals surface area contributed by atoms with E-state index in [4.69, 9.17) is 5.11 Å². The summed E-state index contributed by atoms with van der Waals surface area (Å²) in [5.74, 6) is -0.694. The molecule has 0 bridgehead atoms. The van der Waals surface area contributed by atoms with E-state index in [1.54, 1.807) is 0 Å². The maximum absolute atomic E-state index is 10.2. The summed E-state index contributed by atoms with van der Waals surface area (Å²) >= 11 is 0. The molecule has 0 aliphatic heterocycles. The zero-order valence-electron chi connectivity index (χ0n) is 8.74. The second-order valence-electron chi connectivity index (χ2n) is 3.33. The van der Waals surface area contributed by atoms with Crippen molar-refractivity contribution in [1.82, 2.24) is 0 Å². The van der Waals surface area contributed by atoms with Gasteiger partial charge in [-0.1, -0.05) is 18.2 Å². The molecule has 0 saturated carbocycles. The smallest absolute Gasteiger partial charge is 0.303 e. The first-order chi connectivity index (χ1) is 6.77. The monoisotopic (exact) mass is 196 g/mol. The molecule has 0 aromatic rings. The van der Waals surface area contributed by atoms with E-state index in [0.29, 0.717) is 6.42 Å². The van der Waals surface area contributed by atoms with Crippen LogP contribution in [0.2, 0.25) is 0 Å². The Hall–Kier alpha value is -1.05. The van der Waals surface area contributed by atoms with E-state index >= 15 is 0 Å². The van der Waals surface area contributed by atoms with Gasteiger partial charge in [0.15, 0.2) is 0 Å². The van der Waals surface area contributed by atoms with E-state index in [2.05, 4.69) is 18.7 Å². The zero-order valence-corrected chi connectivity index (χ0v) is 8.74. The van der Waals surface area contributed by atoms with Gasteiger partial charge < -0.3 is 5.11 Å². The molecule has 80 valence electrons. The Balaban J connectivity index is 3.10. The van der Waals surface area contributed by atoms with Crippen molar-refractivity contribution in [2.45, 2.75) is 44.9 Å². The van der Waals surface area contributed by atoms with Crippen molar-refractivity contribution < 1.29 is 9.90 Å². The van der Waals surface area contributed by atoms with Gasteiger partial charge in [-0.3, -0.25) is 4.79 Å². The second-order valence-corrected chi connectivity index (χ2v) is 3.33. The first-order valence-electron chi connectivity index (χ1n) is 5.25. The summed E-state index contributed by atoms with van der Waals surface area (Å²) in [6.07, 6.45) is 12.6. The molecule has 0 heterocycles. The molecule has 0 unspecified atom stereocenters. The average Bonchev–Trinajstić information content (AvgIpc) is 2.15. The molecule has 2 nitrogen and oxygen atoms in total. The number of rotatable bonds is 9.